The van der Waals surface area contributed by atoms with E-state index < -0.39 is 0 Å². The van der Waals surface area contributed by atoms with Gasteiger partial charge in [0.1, 0.15) is 17.3 Å². The Balaban J connectivity index is 2.48. The van der Waals surface area contributed by atoms with Crippen LogP contribution in [0.5, 0.6) is 0 Å². The van der Waals surface area contributed by atoms with Gasteiger partial charge in [0.25, 0.3) is 0 Å². The Morgan fingerprint density at radius 3 is 3.07 bits per heavy atom. The molecular formula is C10H14N4S. The summed E-state index contributed by atoms with van der Waals surface area (Å²) in [5, 5.41) is 4.31. The summed E-state index contributed by atoms with van der Waals surface area (Å²) in [6.45, 7) is 2.94. The Hall–Kier alpha value is -1.23. The summed E-state index contributed by atoms with van der Waals surface area (Å²) < 4.78 is 0. The van der Waals surface area contributed by atoms with Gasteiger partial charge in [0.15, 0.2) is 0 Å². The number of aromatic amines is 1. The van der Waals surface area contributed by atoms with Crippen molar-refractivity contribution in [3.63, 3.8) is 0 Å². The number of nitrogens with zero attached hydrogens (tertiary/aromatic N) is 2. The summed E-state index contributed by atoms with van der Waals surface area (Å²) in [5.74, 6) is 2.63. The molecule has 5 heteroatoms. The maximum Gasteiger partial charge on any atom is 0.143 e. The highest BCUT2D eigenvalue weighted by Gasteiger charge is 2.06. The van der Waals surface area contributed by atoms with E-state index in [-0.39, 0.29) is 0 Å². The van der Waals surface area contributed by atoms with Crippen LogP contribution in [0, 0.1) is 0 Å². The number of anilines is 1. The number of fused-ring (bicyclic) bond motifs is 1. The lowest BCUT2D eigenvalue weighted by atomic mass is 10.3. The Kier molecular flexibility index (Phi) is 3.11. The zero-order chi connectivity index (χ0) is 10.7. The van der Waals surface area contributed by atoms with Gasteiger partial charge in [-0.05, 0) is 19.2 Å². The summed E-state index contributed by atoms with van der Waals surface area (Å²) >= 11 is 1.73. The first kappa shape index (κ1) is 10.3. The number of hydrogen-bond donors (Lipinski definition) is 2. The molecule has 15 heavy (non-hydrogen) atoms. The monoisotopic (exact) mass is 222 g/mol. The van der Waals surface area contributed by atoms with E-state index in [1.807, 2.05) is 12.3 Å². The molecule has 2 aromatic rings. The molecule has 80 valence electrons. The van der Waals surface area contributed by atoms with E-state index in [2.05, 4.69) is 33.4 Å². The second-order valence-corrected chi connectivity index (χ2v) is 4.06. The lowest BCUT2D eigenvalue weighted by molar-refractivity contribution is 1.04. The fourth-order valence-corrected chi connectivity index (χ4v) is 1.87. The van der Waals surface area contributed by atoms with Crippen molar-refractivity contribution < 1.29 is 0 Å². The molecule has 0 saturated heterocycles. The van der Waals surface area contributed by atoms with E-state index in [0.717, 1.165) is 35.0 Å². The van der Waals surface area contributed by atoms with E-state index in [4.69, 9.17) is 0 Å². The van der Waals surface area contributed by atoms with Crippen molar-refractivity contribution in [2.24, 2.45) is 0 Å². The first-order chi connectivity index (χ1) is 7.35. The molecule has 0 atom stereocenters. The fraction of sp³-hybridized carbons (Fsp3) is 0.400. The first-order valence-electron chi connectivity index (χ1n) is 4.92. The number of hydrogen-bond acceptors (Lipinski definition) is 4. The Morgan fingerprint density at radius 2 is 2.33 bits per heavy atom. The van der Waals surface area contributed by atoms with Crippen molar-refractivity contribution in [2.45, 2.75) is 12.7 Å². The Bertz CT molecular complexity index is 452. The van der Waals surface area contributed by atoms with E-state index in [9.17, 15) is 0 Å². The van der Waals surface area contributed by atoms with Crippen molar-refractivity contribution >= 4 is 28.6 Å². The van der Waals surface area contributed by atoms with Gasteiger partial charge in [-0.2, -0.15) is 11.8 Å². The maximum atomic E-state index is 4.49. The highest BCUT2D eigenvalue weighted by atomic mass is 32.2. The molecule has 0 aliphatic rings. The van der Waals surface area contributed by atoms with Crippen molar-refractivity contribution in [1.29, 1.82) is 0 Å². The van der Waals surface area contributed by atoms with Gasteiger partial charge in [-0.1, -0.05) is 0 Å². The largest absolute Gasteiger partial charge is 0.370 e. The minimum absolute atomic E-state index is 0.841. The van der Waals surface area contributed by atoms with Crippen LogP contribution in [0.15, 0.2) is 12.3 Å². The number of H-pyrrole nitrogens is 1. The lowest BCUT2D eigenvalue weighted by Gasteiger charge is -2.05. The smallest absolute Gasteiger partial charge is 0.143 e. The average molecular weight is 222 g/mol. The fourth-order valence-electron chi connectivity index (χ4n) is 1.48. The standard InChI is InChI=1S/C10H14N4S/c1-3-11-9-7-4-5-12-10(7)14-8(13-9)6-15-2/h4-5H,3,6H2,1-2H3,(H2,11,12,13,14). The summed E-state index contributed by atoms with van der Waals surface area (Å²) in [6.07, 6.45) is 3.94. The van der Waals surface area contributed by atoms with Gasteiger partial charge in [-0.15, -0.1) is 0 Å². The molecule has 0 spiro atoms. The molecular weight excluding hydrogens is 208 g/mol. The average Bonchev–Trinajstić information content (AvgIpc) is 2.67. The third-order valence-corrected chi connectivity index (χ3v) is 2.63. The lowest BCUT2D eigenvalue weighted by Crippen LogP contribution is -2.03. The molecule has 0 bridgehead atoms. The molecule has 0 saturated carbocycles. The minimum atomic E-state index is 0.841. The van der Waals surface area contributed by atoms with Crippen LogP contribution in [0.25, 0.3) is 11.0 Å². The predicted octanol–water partition coefficient (Wildman–Crippen LogP) is 2.25. The first-order valence-corrected chi connectivity index (χ1v) is 6.31. The van der Waals surface area contributed by atoms with Crippen LogP contribution >= 0.6 is 11.8 Å². The SMILES string of the molecule is CCNc1nc(CSC)nc2[nH]ccc12. The second kappa shape index (κ2) is 4.53. The van der Waals surface area contributed by atoms with Gasteiger partial charge >= 0.3 is 0 Å². The molecule has 0 aromatic carbocycles. The number of aromatic nitrogens is 3. The number of nitrogens with one attached hydrogen (secondary N) is 2. The third kappa shape index (κ3) is 2.07. The van der Waals surface area contributed by atoms with Gasteiger partial charge < -0.3 is 10.3 Å². The van der Waals surface area contributed by atoms with Crippen LogP contribution in [-0.2, 0) is 5.75 Å². The van der Waals surface area contributed by atoms with Gasteiger partial charge in [0, 0.05) is 12.7 Å². The van der Waals surface area contributed by atoms with E-state index >= 15 is 0 Å². The molecule has 4 nitrogen and oxygen atoms in total. The van der Waals surface area contributed by atoms with Crippen LogP contribution in [-0.4, -0.2) is 27.8 Å². The van der Waals surface area contributed by atoms with Crippen LogP contribution in [0.1, 0.15) is 12.7 Å². The zero-order valence-electron chi connectivity index (χ0n) is 8.87. The van der Waals surface area contributed by atoms with Crippen molar-refractivity contribution in [2.75, 3.05) is 18.1 Å². The summed E-state index contributed by atoms with van der Waals surface area (Å²) in [5.41, 5.74) is 0.907. The van der Waals surface area contributed by atoms with Crippen molar-refractivity contribution in [1.82, 2.24) is 15.0 Å². The predicted molar refractivity (Wildman–Crippen MR) is 65.3 cm³/mol. The Labute approximate surface area is 92.9 Å². The number of thioether (sulfide) groups is 1. The molecule has 0 amide bonds. The van der Waals surface area contributed by atoms with E-state index in [0.29, 0.717) is 0 Å². The quantitative estimate of drug-likeness (QED) is 0.833. The molecule has 0 unspecified atom stereocenters. The molecule has 0 radical (unpaired) electrons. The molecule has 2 aromatic heterocycles. The van der Waals surface area contributed by atoms with Crippen LogP contribution in [0.3, 0.4) is 0 Å². The van der Waals surface area contributed by atoms with Crippen molar-refractivity contribution in [3.05, 3.63) is 18.1 Å². The molecule has 2 heterocycles. The summed E-state index contributed by atoms with van der Waals surface area (Å²) in [6, 6.07) is 2.00. The molecule has 0 aliphatic carbocycles. The zero-order valence-corrected chi connectivity index (χ0v) is 9.69. The van der Waals surface area contributed by atoms with Crippen LogP contribution in [0.2, 0.25) is 0 Å². The summed E-state index contributed by atoms with van der Waals surface area (Å²) in [7, 11) is 0. The minimum Gasteiger partial charge on any atom is -0.370 e. The van der Waals surface area contributed by atoms with E-state index in [1.54, 1.807) is 11.8 Å². The second-order valence-electron chi connectivity index (χ2n) is 3.19. The molecule has 2 N–H and O–H groups in total. The number of rotatable bonds is 4. The van der Waals surface area contributed by atoms with Gasteiger partial charge in [-0.3, -0.25) is 0 Å². The van der Waals surface area contributed by atoms with Gasteiger partial charge in [-0.25, -0.2) is 9.97 Å². The molecule has 0 aliphatic heterocycles. The highest BCUT2D eigenvalue weighted by molar-refractivity contribution is 7.97. The Morgan fingerprint density at radius 1 is 1.47 bits per heavy atom. The maximum absolute atomic E-state index is 4.49. The molecule has 0 fully saturated rings. The van der Waals surface area contributed by atoms with Crippen LogP contribution < -0.4 is 5.32 Å². The van der Waals surface area contributed by atoms with E-state index in [1.165, 1.54) is 0 Å². The summed E-state index contributed by atoms with van der Waals surface area (Å²) in [4.78, 5) is 12.0. The molecule has 2 rings (SSSR count). The van der Waals surface area contributed by atoms with Gasteiger partial charge in [0.2, 0.25) is 0 Å². The third-order valence-electron chi connectivity index (χ3n) is 2.08. The highest BCUT2D eigenvalue weighted by Crippen LogP contribution is 2.20. The van der Waals surface area contributed by atoms with Crippen molar-refractivity contribution in [3.8, 4) is 0 Å². The topological polar surface area (TPSA) is 53.6 Å². The normalized spacial score (nSPS) is 10.8. The van der Waals surface area contributed by atoms with Gasteiger partial charge in [0.05, 0.1) is 11.1 Å². The van der Waals surface area contributed by atoms with Crippen LogP contribution in [0.4, 0.5) is 5.82 Å².